The maximum absolute atomic E-state index is 12.1. The lowest BCUT2D eigenvalue weighted by molar-refractivity contribution is -0.117. The standard InChI is InChI=1S/C27H27N3O5/c1-30(2)26(32)18-4-9-23(10-5-18)35-24-11-7-21(15-20(24)13-17-3-8-22(31)14-17)29-25-12-6-19(16-28-25)27(33)34/h4-7,9-12,15-17H,3,8,13-14H2,1-2H3,(H,28,29)(H,33,34). The molecular weight excluding hydrogens is 446 g/mol. The number of carbonyl (C=O) groups excluding carboxylic acids is 2. The van der Waals surface area contributed by atoms with Gasteiger partial charge in [0.15, 0.2) is 0 Å². The molecule has 1 saturated carbocycles. The van der Waals surface area contributed by atoms with E-state index >= 15 is 0 Å². The first-order valence-electron chi connectivity index (χ1n) is 11.4. The highest BCUT2D eigenvalue weighted by Gasteiger charge is 2.24. The number of ether oxygens (including phenoxy) is 1. The number of carboxylic acid groups (broad SMARTS) is 1. The number of ketones is 1. The van der Waals surface area contributed by atoms with E-state index in [0.717, 1.165) is 17.7 Å². The van der Waals surface area contributed by atoms with E-state index in [1.807, 2.05) is 18.2 Å². The molecule has 1 aromatic heterocycles. The van der Waals surface area contributed by atoms with Gasteiger partial charge in [-0.05, 0) is 78.9 Å². The van der Waals surface area contributed by atoms with E-state index in [1.54, 1.807) is 44.4 Å². The van der Waals surface area contributed by atoms with Crippen molar-refractivity contribution < 1.29 is 24.2 Å². The summed E-state index contributed by atoms with van der Waals surface area (Å²) >= 11 is 0. The number of pyridine rings is 1. The second-order valence-electron chi connectivity index (χ2n) is 8.86. The minimum Gasteiger partial charge on any atom is -0.478 e. The molecular formula is C27H27N3O5. The highest BCUT2D eigenvalue weighted by molar-refractivity contribution is 5.94. The van der Waals surface area contributed by atoms with E-state index in [0.29, 0.717) is 42.1 Å². The van der Waals surface area contributed by atoms with Crippen molar-refractivity contribution in [2.45, 2.75) is 25.7 Å². The third kappa shape index (κ3) is 6.03. The number of hydrogen-bond donors (Lipinski definition) is 2. The summed E-state index contributed by atoms with van der Waals surface area (Å²) in [4.78, 5) is 40.7. The van der Waals surface area contributed by atoms with Gasteiger partial charge in [-0.25, -0.2) is 9.78 Å². The van der Waals surface area contributed by atoms with Gasteiger partial charge in [0, 0.05) is 44.4 Å². The fraction of sp³-hybridized carbons (Fsp3) is 0.259. The highest BCUT2D eigenvalue weighted by atomic mass is 16.5. The molecule has 1 aliphatic rings. The van der Waals surface area contributed by atoms with Crippen molar-refractivity contribution in [2.24, 2.45) is 5.92 Å². The first-order valence-corrected chi connectivity index (χ1v) is 11.4. The largest absolute Gasteiger partial charge is 0.478 e. The summed E-state index contributed by atoms with van der Waals surface area (Å²) in [5.41, 5.74) is 2.42. The number of rotatable bonds is 8. The smallest absolute Gasteiger partial charge is 0.337 e. The van der Waals surface area contributed by atoms with Gasteiger partial charge in [-0.15, -0.1) is 0 Å². The van der Waals surface area contributed by atoms with E-state index in [1.165, 1.54) is 17.2 Å². The second-order valence-corrected chi connectivity index (χ2v) is 8.86. The maximum atomic E-state index is 12.1. The molecule has 1 unspecified atom stereocenters. The van der Waals surface area contributed by atoms with Gasteiger partial charge in [-0.3, -0.25) is 9.59 Å². The molecule has 180 valence electrons. The first kappa shape index (κ1) is 23.9. The SMILES string of the molecule is CN(C)C(=O)c1ccc(Oc2ccc(Nc3ccc(C(=O)O)cn3)cc2CC2CCC(=O)C2)cc1. The lowest BCUT2D eigenvalue weighted by atomic mass is 9.97. The molecule has 1 atom stereocenters. The number of amides is 1. The van der Waals surface area contributed by atoms with Crippen LogP contribution in [0, 0.1) is 5.92 Å². The Morgan fingerprint density at radius 3 is 2.43 bits per heavy atom. The zero-order chi connectivity index (χ0) is 24.9. The molecule has 2 N–H and O–H groups in total. The number of carbonyl (C=O) groups is 3. The van der Waals surface area contributed by atoms with Gasteiger partial charge in [0.05, 0.1) is 5.56 Å². The van der Waals surface area contributed by atoms with Gasteiger partial charge < -0.3 is 20.1 Å². The van der Waals surface area contributed by atoms with Crippen molar-refractivity contribution in [3.63, 3.8) is 0 Å². The van der Waals surface area contributed by atoms with E-state index in [9.17, 15) is 14.4 Å². The van der Waals surface area contributed by atoms with Crippen molar-refractivity contribution in [2.75, 3.05) is 19.4 Å². The third-order valence-corrected chi connectivity index (χ3v) is 5.93. The highest BCUT2D eigenvalue weighted by Crippen LogP contribution is 2.34. The minimum atomic E-state index is -1.03. The summed E-state index contributed by atoms with van der Waals surface area (Å²) in [7, 11) is 3.41. The second kappa shape index (κ2) is 10.4. The third-order valence-electron chi connectivity index (χ3n) is 5.93. The number of nitrogens with zero attached hydrogens (tertiary/aromatic N) is 2. The van der Waals surface area contributed by atoms with Crippen LogP contribution in [0.15, 0.2) is 60.8 Å². The summed E-state index contributed by atoms with van der Waals surface area (Å²) in [5.74, 6) is 1.24. The van der Waals surface area contributed by atoms with Gasteiger partial charge in [0.25, 0.3) is 5.91 Å². The van der Waals surface area contributed by atoms with Gasteiger partial charge in [0.2, 0.25) is 0 Å². The summed E-state index contributed by atoms with van der Waals surface area (Å²) in [6.07, 6.45) is 4.03. The van der Waals surface area contributed by atoms with Crippen LogP contribution >= 0.6 is 0 Å². The lowest BCUT2D eigenvalue weighted by Crippen LogP contribution is -2.21. The van der Waals surface area contributed by atoms with E-state index < -0.39 is 5.97 Å². The monoisotopic (exact) mass is 473 g/mol. The Hall–Kier alpha value is -4.20. The molecule has 0 spiro atoms. The Balaban J connectivity index is 1.56. The topological polar surface area (TPSA) is 109 Å². The average Bonchev–Trinajstić information content (AvgIpc) is 3.25. The molecule has 1 aliphatic carbocycles. The van der Waals surface area contributed by atoms with Crippen LogP contribution in [0.5, 0.6) is 11.5 Å². The van der Waals surface area contributed by atoms with Crippen molar-refractivity contribution in [1.29, 1.82) is 0 Å². The summed E-state index contributed by atoms with van der Waals surface area (Å²) in [5, 5.41) is 12.3. The molecule has 1 amide bonds. The van der Waals surface area contributed by atoms with Crippen molar-refractivity contribution in [3.05, 3.63) is 77.5 Å². The van der Waals surface area contributed by atoms with Crippen LogP contribution in [0.3, 0.4) is 0 Å². The van der Waals surface area contributed by atoms with Crippen LogP contribution in [0.1, 0.15) is 45.5 Å². The quantitative estimate of drug-likeness (QED) is 0.477. The van der Waals surface area contributed by atoms with Crippen molar-refractivity contribution in [1.82, 2.24) is 9.88 Å². The van der Waals surface area contributed by atoms with E-state index in [4.69, 9.17) is 9.84 Å². The maximum Gasteiger partial charge on any atom is 0.337 e. The van der Waals surface area contributed by atoms with E-state index in [-0.39, 0.29) is 23.2 Å². The fourth-order valence-electron chi connectivity index (χ4n) is 4.09. The molecule has 8 nitrogen and oxygen atoms in total. The van der Waals surface area contributed by atoms with Gasteiger partial charge in [-0.1, -0.05) is 0 Å². The summed E-state index contributed by atoms with van der Waals surface area (Å²) in [6, 6.07) is 15.8. The minimum absolute atomic E-state index is 0.0800. The van der Waals surface area contributed by atoms with Crippen LogP contribution in [0.25, 0.3) is 0 Å². The number of Topliss-reactive ketones (excluding diaryl/α,β-unsaturated/α-hetero) is 1. The van der Waals surface area contributed by atoms with Crippen molar-refractivity contribution in [3.8, 4) is 11.5 Å². The Morgan fingerprint density at radius 2 is 1.83 bits per heavy atom. The van der Waals surface area contributed by atoms with Crippen LogP contribution < -0.4 is 10.1 Å². The summed E-state index contributed by atoms with van der Waals surface area (Å²) < 4.78 is 6.17. The molecule has 3 aromatic rings. The Kier molecular flexibility index (Phi) is 7.10. The molecule has 8 heteroatoms. The van der Waals surface area contributed by atoms with Gasteiger partial charge in [0.1, 0.15) is 23.1 Å². The predicted octanol–water partition coefficient (Wildman–Crippen LogP) is 4.93. The summed E-state index contributed by atoms with van der Waals surface area (Å²) in [6.45, 7) is 0. The number of carboxylic acids is 1. The number of benzene rings is 2. The number of aromatic nitrogens is 1. The molecule has 0 bridgehead atoms. The lowest BCUT2D eigenvalue weighted by Gasteiger charge is -2.17. The molecule has 0 saturated heterocycles. The molecule has 35 heavy (non-hydrogen) atoms. The molecule has 1 heterocycles. The van der Waals surface area contributed by atoms with Crippen LogP contribution in [0.4, 0.5) is 11.5 Å². The zero-order valence-corrected chi connectivity index (χ0v) is 19.7. The molecule has 2 aromatic carbocycles. The Morgan fingerprint density at radius 1 is 1.09 bits per heavy atom. The van der Waals surface area contributed by atoms with Crippen LogP contribution in [-0.2, 0) is 11.2 Å². The molecule has 0 radical (unpaired) electrons. The van der Waals surface area contributed by atoms with Crippen LogP contribution in [-0.4, -0.2) is 46.7 Å². The number of anilines is 2. The molecule has 0 aliphatic heterocycles. The normalized spacial score (nSPS) is 15.0. The zero-order valence-electron chi connectivity index (χ0n) is 19.7. The average molecular weight is 474 g/mol. The Bertz CT molecular complexity index is 1240. The number of nitrogens with one attached hydrogen (secondary N) is 1. The van der Waals surface area contributed by atoms with E-state index in [2.05, 4.69) is 10.3 Å². The van der Waals surface area contributed by atoms with Crippen LogP contribution in [0.2, 0.25) is 0 Å². The van der Waals surface area contributed by atoms with Gasteiger partial charge in [-0.2, -0.15) is 0 Å². The molecule has 4 rings (SSSR count). The number of hydrogen-bond acceptors (Lipinski definition) is 6. The Labute approximate surface area is 203 Å². The fourth-order valence-corrected chi connectivity index (χ4v) is 4.09. The predicted molar refractivity (Wildman–Crippen MR) is 132 cm³/mol. The number of aromatic carboxylic acids is 1. The van der Waals surface area contributed by atoms with Crippen molar-refractivity contribution >= 4 is 29.2 Å². The van der Waals surface area contributed by atoms with Gasteiger partial charge >= 0.3 is 5.97 Å². The molecule has 1 fully saturated rings. The first-order chi connectivity index (χ1) is 16.8.